The van der Waals surface area contributed by atoms with Crippen LogP contribution in [0.1, 0.15) is 39.9 Å². The molecule has 138 valence electrons. The van der Waals surface area contributed by atoms with E-state index in [-0.39, 0.29) is 11.3 Å². The van der Waals surface area contributed by atoms with Gasteiger partial charge < -0.3 is 14.8 Å². The second-order valence-corrected chi connectivity index (χ2v) is 7.12. The van der Waals surface area contributed by atoms with Crippen LogP contribution in [0.15, 0.2) is 42.5 Å². The highest BCUT2D eigenvalue weighted by atomic mass is 16.5. The Labute approximate surface area is 155 Å². The second kappa shape index (κ2) is 7.92. The maximum absolute atomic E-state index is 12.7. The Hall–Kier alpha value is -2.33. The van der Waals surface area contributed by atoms with Crippen molar-refractivity contribution >= 4 is 5.91 Å². The van der Waals surface area contributed by atoms with E-state index in [4.69, 9.17) is 9.47 Å². The zero-order chi connectivity index (χ0) is 18.6. The van der Waals surface area contributed by atoms with E-state index in [0.29, 0.717) is 19.8 Å². The van der Waals surface area contributed by atoms with Gasteiger partial charge in [0.2, 0.25) is 0 Å². The fourth-order valence-electron chi connectivity index (χ4n) is 3.69. The van der Waals surface area contributed by atoms with Crippen LogP contribution in [0.5, 0.6) is 5.75 Å². The van der Waals surface area contributed by atoms with Gasteiger partial charge in [-0.15, -0.1) is 0 Å². The zero-order valence-corrected chi connectivity index (χ0v) is 15.8. The fourth-order valence-corrected chi connectivity index (χ4v) is 3.69. The topological polar surface area (TPSA) is 47.6 Å². The minimum absolute atomic E-state index is 0.0121. The summed E-state index contributed by atoms with van der Waals surface area (Å²) in [5.74, 6) is 0.831. The molecule has 1 N–H and O–H groups in total. The maximum Gasteiger partial charge on any atom is 0.251 e. The first-order valence-electron chi connectivity index (χ1n) is 9.12. The number of rotatable bonds is 5. The summed E-state index contributed by atoms with van der Waals surface area (Å²) < 4.78 is 10.9. The predicted octanol–water partition coefficient (Wildman–Crippen LogP) is 3.79. The van der Waals surface area contributed by atoms with Crippen LogP contribution in [0.25, 0.3) is 0 Å². The highest BCUT2D eigenvalue weighted by Crippen LogP contribution is 2.35. The fraction of sp³-hybridized carbons (Fsp3) is 0.409. The number of methoxy groups -OCH3 is 1. The molecule has 0 bridgehead atoms. The van der Waals surface area contributed by atoms with Gasteiger partial charge in [0.1, 0.15) is 5.75 Å². The molecule has 1 heterocycles. The van der Waals surface area contributed by atoms with Gasteiger partial charge in [0.25, 0.3) is 5.91 Å². The van der Waals surface area contributed by atoms with Crippen molar-refractivity contribution in [1.82, 2.24) is 5.32 Å². The van der Waals surface area contributed by atoms with Crippen molar-refractivity contribution < 1.29 is 14.3 Å². The van der Waals surface area contributed by atoms with Crippen molar-refractivity contribution in [3.05, 3.63) is 64.7 Å². The first kappa shape index (κ1) is 18.5. The third-order valence-electron chi connectivity index (χ3n) is 5.37. The van der Waals surface area contributed by atoms with Gasteiger partial charge in [0.15, 0.2) is 0 Å². The zero-order valence-electron chi connectivity index (χ0n) is 15.8. The lowest BCUT2D eigenvalue weighted by Gasteiger charge is -2.38. The number of carbonyl (C=O) groups excluding carboxylic acids is 1. The first-order valence-corrected chi connectivity index (χ1v) is 9.12. The Morgan fingerprint density at radius 1 is 1.12 bits per heavy atom. The molecule has 26 heavy (non-hydrogen) atoms. The Balaban J connectivity index is 1.79. The monoisotopic (exact) mass is 353 g/mol. The van der Waals surface area contributed by atoms with Crippen molar-refractivity contribution in [1.29, 1.82) is 0 Å². The van der Waals surface area contributed by atoms with Crippen molar-refractivity contribution in [3.63, 3.8) is 0 Å². The van der Waals surface area contributed by atoms with Crippen LogP contribution in [-0.2, 0) is 10.2 Å². The summed E-state index contributed by atoms with van der Waals surface area (Å²) >= 11 is 0. The van der Waals surface area contributed by atoms with Crippen LogP contribution in [0.3, 0.4) is 0 Å². The predicted molar refractivity (Wildman–Crippen MR) is 103 cm³/mol. The molecular weight excluding hydrogens is 326 g/mol. The Morgan fingerprint density at radius 2 is 1.81 bits per heavy atom. The lowest BCUT2D eigenvalue weighted by Crippen LogP contribution is -2.44. The van der Waals surface area contributed by atoms with Crippen molar-refractivity contribution in [2.24, 2.45) is 0 Å². The Morgan fingerprint density at radius 3 is 2.42 bits per heavy atom. The van der Waals surface area contributed by atoms with Gasteiger partial charge >= 0.3 is 0 Å². The summed E-state index contributed by atoms with van der Waals surface area (Å²) in [5, 5.41) is 3.17. The van der Waals surface area contributed by atoms with Crippen LogP contribution < -0.4 is 10.1 Å². The van der Waals surface area contributed by atoms with Gasteiger partial charge in [-0.2, -0.15) is 0 Å². The van der Waals surface area contributed by atoms with E-state index >= 15 is 0 Å². The number of aryl methyl sites for hydroxylation is 2. The van der Waals surface area contributed by atoms with Crippen molar-refractivity contribution in [3.8, 4) is 5.75 Å². The highest BCUT2D eigenvalue weighted by Gasteiger charge is 2.35. The van der Waals surface area contributed by atoms with Crippen molar-refractivity contribution in [2.75, 3.05) is 26.9 Å². The van der Waals surface area contributed by atoms with Crippen molar-refractivity contribution in [2.45, 2.75) is 32.1 Å². The van der Waals surface area contributed by atoms with Crippen LogP contribution in [0, 0.1) is 13.8 Å². The molecular formula is C22H27NO3. The minimum Gasteiger partial charge on any atom is -0.497 e. The smallest absolute Gasteiger partial charge is 0.251 e. The standard InChI is InChI=1S/C22H27NO3/c1-16-4-9-20(17(2)14-16)21(24)23-15-22(10-12-26-13-11-22)18-5-7-19(25-3)8-6-18/h4-9,14H,10-13,15H2,1-3H3,(H,23,24). The molecule has 0 unspecified atom stereocenters. The molecule has 2 aromatic carbocycles. The van der Waals surface area contributed by atoms with Gasteiger partial charge in [-0.1, -0.05) is 29.8 Å². The number of ether oxygens (including phenoxy) is 2. The van der Waals surface area contributed by atoms with Crippen LogP contribution in [0.2, 0.25) is 0 Å². The normalized spacial score (nSPS) is 16.1. The van der Waals surface area contributed by atoms with Crippen LogP contribution >= 0.6 is 0 Å². The van der Waals surface area contributed by atoms with E-state index in [1.165, 1.54) is 5.56 Å². The average molecular weight is 353 g/mol. The molecule has 0 saturated carbocycles. The summed E-state index contributed by atoms with van der Waals surface area (Å²) in [6, 6.07) is 14.1. The van der Waals surface area contributed by atoms with E-state index < -0.39 is 0 Å². The number of benzene rings is 2. The number of hydrogen-bond donors (Lipinski definition) is 1. The van der Waals surface area contributed by atoms with Crippen LogP contribution in [-0.4, -0.2) is 32.8 Å². The molecule has 1 saturated heterocycles. The van der Waals surface area contributed by atoms with Gasteiger partial charge in [-0.3, -0.25) is 4.79 Å². The van der Waals surface area contributed by atoms with E-state index in [1.807, 2.05) is 44.2 Å². The second-order valence-electron chi connectivity index (χ2n) is 7.12. The molecule has 0 spiro atoms. The summed E-state index contributed by atoms with van der Waals surface area (Å²) in [5.41, 5.74) is 4.04. The number of amides is 1. The third kappa shape index (κ3) is 3.91. The van der Waals surface area contributed by atoms with Crippen LogP contribution in [0.4, 0.5) is 0 Å². The molecule has 0 atom stereocenters. The molecule has 1 aliphatic rings. The lowest BCUT2D eigenvalue weighted by atomic mass is 9.74. The van der Waals surface area contributed by atoms with Gasteiger partial charge in [-0.05, 0) is 56.0 Å². The quantitative estimate of drug-likeness (QED) is 0.890. The van der Waals surface area contributed by atoms with E-state index in [1.54, 1.807) is 7.11 Å². The number of nitrogens with one attached hydrogen (secondary N) is 1. The SMILES string of the molecule is COc1ccc(C2(CNC(=O)c3ccc(C)cc3C)CCOCC2)cc1. The maximum atomic E-state index is 12.7. The van der Waals surface area contributed by atoms with E-state index in [9.17, 15) is 4.79 Å². The number of hydrogen-bond acceptors (Lipinski definition) is 3. The summed E-state index contributed by atoms with van der Waals surface area (Å²) in [4.78, 5) is 12.7. The van der Waals surface area contributed by atoms with Gasteiger partial charge in [0.05, 0.1) is 7.11 Å². The average Bonchev–Trinajstić information content (AvgIpc) is 2.67. The highest BCUT2D eigenvalue weighted by molar-refractivity contribution is 5.95. The Bertz CT molecular complexity index is 761. The number of carbonyl (C=O) groups is 1. The van der Waals surface area contributed by atoms with E-state index in [2.05, 4.69) is 17.4 Å². The molecule has 4 heteroatoms. The molecule has 1 fully saturated rings. The lowest BCUT2D eigenvalue weighted by molar-refractivity contribution is 0.0487. The van der Waals surface area contributed by atoms with Gasteiger partial charge in [-0.25, -0.2) is 0 Å². The molecule has 3 rings (SSSR count). The molecule has 0 aromatic heterocycles. The molecule has 2 aromatic rings. The largest absolute Gasteiger partial charge is 0.497 e. The molecule has 1 amide bonds. The molecule has 4 nitrogen and oxygen atoms in total. The molecule has 0 radical (unpaired) electrons. The first-order chi connectivity index (χ1) is 12.5. The summed E-state index contributed by atoms with van der Waals surface area (Å²) in [6.45, 7) is 6.05. The Kier molecular flexibility index (Phi) is 5.62. The van der Waals surface area contributed by atoms with E-state index in [0.717, 1.165) is 35.3 Å². The molecule has 1 aliphatic heterocycles. The minimum atomic E-state index is -0.0984. The summed E-state index contributed by atoms with van der Waals surface area (Å²) in [7, 11) is 1.67. The van der Waals surface area contributed by atoms with Gasteiger partial charge in [0, 0.05) is 30.7 Å². The summed E-state index contributed by atoms with van der Waals surface area (Å²) in [6.07, 6.45) is 1.79. The third-order valence-corrected chi connectivity index (χ3v) is 5.37. The molecule has 0 aliphatic carbocycles.